The van der Waals surface area contributed by atoms with Crippen molar-refractivity contribution < 1.29 is 23.5 Å². The largest absolute Gasteiger partial charge is 0.485 e. The Morgan fingerprint density at radius 3 is 2.67 bits per heavy atom. The molecule has 2 rings (SSSR count). The second-order valence-corrected chi connectivity index (χ2v) is 4.40. The summed E-state index contributed by atoms with van der Waals surface area (Å²) in [5.74, 6) is -0.437. The van der Waals surface area contributed by atoms with Gasteiger partial charge in [0.2, 0.25) is 0 Å². The van der Waals surface area contributed by atoms with Crippen LogP contribution in [0.2, 0.25) is 0 Å². The van der Waals surface area contributed by atoms with Crippen LogP contribution in [0.4, 0.5) is 0 Å². The van der Waals surface area contributed by atoms with E-state index in [4.69, 9.17) is 14.9 Å². The summed E-state index contributed by atoms with van der Waals surface area (Å²) in [5.41, 5.74) is 6.77. The van der Waals surface area contributed by atoms with Crippen LogP contribution in [-0.4, -0.2) is 19.0 Å². The first-order valence-electron chi connectivity index (χ1n) is 6.21. The maximum atomic E-state index is 11.5. The van der Waals surface area contributed by atoms with Crippen molar-refractivity contribution in [2.24, 2.45) is 5.73 Å². The molecule has 0 spiro atoms. The van der Waals surface area contributed by atoms with Crippen molar-refractivity contribution in [2.45, 2.75) is 13.5 Å². The maximum Gasteiger partial charge on any atom is 0.341 e. The van der Waals surface area contributed by atoms with Crippen LogP contribution in [0.25, 0.3) is 0 Å². The second-order valence-electron chi connectivity index (χ2n) is 4.40. The molecule has 21 heavy (non-hydrogen) atoms. The van der Waals surface area contributed by atoms with E-state index in [0.717, 1.165) is 5.56 Å². The van der Waals surface area contributed by atoms with Crippen molar-refractivity contribution in [2.75, 3.05) is 7.11 Å². The van der Waals surface area contributed by atoms with E-state index in [-0.39, 0.29) is 17.7 Å². The summed E-state index contributed by atoms with van der Waals surface area (Å²) >= 11 is 0. The Balaban J connectivity index is 2.21. The minimum atomic E-state index is -0.586. The quantitative estimate of drug-likeness (QED) is 0.850. The number of primary amides is 1. The van der Waals surface area contributed by atoms with Gasteiger partial charge in [-0.1, -0.05) is 6.07 Å². The molecular weight excluding hydrogens is 274 g/mol. The van der Waals surface area contributed by atoms with Gasteiger partial charge in [0.05, 0.1) is 18.9 Å². The van der Waals surface area contributed by atoms with Crippen LogP contribution < -0.4 is 10.5 Å². The molecule has 0 unspecified atom stereocenters. The third kappa shape index (κ3) is 3.22. The van der Waals surface area contributed by atoms with Crippen LogP contribution in [0.5, 0.6) is 5.75 Å². The molecule has 2 N–H and O–H groups in total. The molecule has 0 aliphatic heterocycles. The zero-order valence-electron chi connectivity index (χ0n) is 11.7. The first kappa shape index (κ1) is 14.6. The molecule has 0 aliphatic rings. The van der Waals surface area contributed by atoms with Gasteiger partial charge in [-0.15, -0.1) is 0 Å². The van der Waals surface area contributed by atoms with Gasteiger partial charge in [0.1, 0.15) is 17.9 Å². The molecule has 6 heteroatoms. The van der Waals surface area contributed by atoms with Gasteiger partial charge in [0.25, 0.3) is 5.91 Å². The van der Waals surface area contributed by atoms with Crippen LogP contribution in [-0.2, 0) is 11.3 Å². The lowest BCUT2D eigenvalue weighted by Crippen LogP contribution is -2.13. The summed E-state index contributed by atoms with van der Waals surface area (Å²) in [6.45, 7) is 1.85. The molecule has 2 aromatic rings. The number of benzene rings is 1. The lowest BCUT2D eigenvalue weighted by atomic mass is 10.1. The van der Waals surface area contributed by atoms with Crippen LogP contribution in [0.15, 0.2) is 34.9 Å². The molecule has 0 radical (unpaired) electrons. The number of furan rings is 1. The van der Waals surface area contributed by atoms with Crippen molar-refractivity contribution in [1.82, 2.24) is 0 Å². The molecular formula is C15H15NO5. The third-order valence-electron chi connectivity index (χ3n) is 2.91. The molecule has 0 saturated heterocycles. The van der Waals surface area contributed by atoms with E-state index in [1.54, 1.807) is 18.2 Å². The van der Waals surface area contributed by atoms with Crippen LogP contribution >= 0.6 is 0 Å². The third-order valence-corrected chi connectivity index (χ3v) is 2.91. The van der Waals surface area contributed by atoms with Gasteiger partial charge >= 0.3 is 5.97 Å². The zero-order valence-corrected chi connectivity index (χ0v) is 11.7. The fourth-order valence-corrected chi connectivity index (χ4v) is 1.84. The number of aryl methyl sites for hydroxylation is 1. The topological polar surface area (TPSA) is 91.8 Å². The molecule has 110 valence electrons. The first-order valence-corrected chi connectivity index (χ1v) is 6.21. The monoisotopic (exact) mass is 289 g/mol. The Morgan fingerprint density at radius 2 is 2.00 bits per heavy atom. The van der Waals surface area contributed by atoms with Gasteiger partial charge in [-0.05, 0) is 30.7 Å². The summed E-state index contributed by atoms with van der Waals surface area (Å²) in [6.07, 6.45) is 1.37. The van der Waals surface area contributed by atoms with Gasteiger partial charge in [0.15, 0.2) is 5.76 Å². The number of ether oxygens (including phenoxy) is 2. The summed E-state index contributed by atoms with van der Waals surface area (Å²) in [6, 6.07) is 6.55. The van der Waals surface area contributed by atoms with Gasteiger partial charge in [-0.25, -0.2) is 4.79 Å². The minimum Gasteiger partial charge on any atom is -0.485 e. The molecule has 0 fully saturated rings. The highest BCUT2D eigenvalue weighted by Crippen LogP contribution is 2.22. The number of hydrogen-bond acceptors (Lipinski definition) is 5. The van der Waals surface area contributed by atoms with Crippen LogP contribution in [0.1, 0.15) is 32.0 Å². The van der Waals surface area contributed by atoms with Crippen LogP contribution in [0.3, 0.4) is 0 Å². The predicted molar refractivity (Wildman–Crippen MR) is 74.1 cm³/mol. The lowest BCUT2D eigenvalue weighted by molar-refractivity contribution is 0.0595. The highest BCUT2D eigenvalue weighted by Gasteiger charge is 2.17. The zero-order chi connectivity index (χ0) is 15.4. The normalized spacial score (nSPS) is 10.2. The molecule has 1 amide bonds. The number of nitrogens with two attached hydrogens (primary N) is 1. The smallest absolute Gasteiger partial charge is 0.341 e. The Labute approximate surface area is 121 Å². The number of esters is 1. The molecule has 1 heterocycles. The summed E-state index contributed by atoms with van der Waals surface area (Å²) in [4.78, 5) is 22.9. The SMILES string of the molecule is COC(=O)c1ccoc1COc1cc(C)ccc1C(N)=O. The van der Waals surface area contributed by atoms with Crippen LogP contribution in [0, 0.1) is 6.92 Å². The predicted octanol–water partition coefficient (Wildman–Crippen LogP) is 2.05. The standard InChI is InChI=1S/C15H15NO5/c1-9-3-4-10(14(16)17)12(7-9)21-8-13-11(5-6-20-13)15(18)19-2/h3-7H,8H2,1-2H3,(H2,16,17). The number of carbonyl (C=O) groups is 2. The Hall–Kier alpha value is -2.76. The highest BCUT2D eigenvalue weighted by molar-refractivity contribution is 5.95. The Morgan fingerprint density at radius 1 is 1.24 bits per heavy atom. The molecule has 1 aromatic carbocycles. The molecule has 0 atom stereocenters. The fraction of sp³-hybridized carbons (Fsp3) is 0.200. The van der Waals surface area contributed by atoms with Crippen molar-refractivity contribution in [3.63, 3.8) is 0 Å². The maximum absolute atomic E-state index is 11.5. The fourth-order valence-electron chi connectivity index (χ4n) is 1.84. The van der Waals surface area contributed by atoms with E-state index in [0.29, 0.717) is 11.5 Å². The Bertz CT molecular complexity index is 674. The highest BCUT2D eigenvalue weighted by atomic mass is 16.5. The van der Waals surface area contributed by atoms with Crippen molar-refractivity contribution >= 4 is 11.9 Å². The van der Waals surface area contributed by atoms with Gasteiger partial charge < -0.3 is 19.6 Å². The minimum absolute atomic E-state index is 0.0127. The van der Waals surface area contributed by atoms with Crippen molar-refractivity contribution in [3.05, 3.63) is 53.0 Å². The second kappa shape index (κ2) is 6.13. The first-order chi connectivity index (χ1) is 10.0. The van der Waals surface area contributed by atoms with Gasteiger partial charge in [-0.3, -0.25) is 4.79 Å². The van der Waals surface area contributed by atoms with E-state index in [2.05, 4.69) is 4.74 Å². The summed E-state index contributed by atoms with van der Waals surface area (Å²) in [7, 11) is 1.28. The Kier molecular flexibility index (Phi) is 4.27. The van der Waals surface area contributed by atoms with E-state index >= 15 is 0 Å². The summed E-state index contributed by atoms with van der Waals surface area (Å²) in [5, 5.41) is 0. The summed E-state index contributed by atoms with van der Waals surface area (Å²) < 4.78 is 15.4. The molecule has 0 aliphatic carbocycles. The van der Waals surface area contributed by atoms with E-state index in [9.17, 15) is 9.59 Å². The van der Waals surface area contributed by atoms with E-state index < -0.39 is 11.9 Å². The number of hydrogen-bond donors (Lipinski definition) is 1. The molecule has 0 bridgehead atoms. The van der Waals surface area contributed by atoms with Gasteiger partial charge in [0, 0.05) is 0 Å². The average Bonchev–Trinajstić information content (AvgIpc) is 2.92. The number of amides is 1. The molecule has 0 saturated carbocycles. The molecule has 1 aromatic heterocycles. The number of methoxy groups -OCH3 is 1. The van der Waals surface area contributed by atoms with Crippen molar-refractivity contribution in [3.8, 4) is 5.75 Å². The molecule has 6 nitrogen and oxygen atoms in total. The van der Waals surface area contributed by atoms with E-state index in [1.807, 2.05) is 6.92 Å². The lowest BCUT2D eigenvalue weighted by Gasteiger charge is -2.10. The van der Waals surface area contributed by atoms with E-state index in [1.165, 1.54) is 19.4 Å². The van der Waals surface area contributed by atoms with Gasteiger partial charge in [-0.2, -0.15) is 0 Å². The van der Waals surface area contributed by atoms with Crippen molar-refractivity contribution in [1.29, 1.82) is 0 Å². The number of rotatable bonds is 5. The average molecular weight is 289 g/mol. The number of carbonyl (C=O) groups excluding carboxylic acids is 2.